The van der Waals surface area contributed by atoms with Crippen molar-refractivity contribution in [2.75, 3.05) is 20.8 Å². The third-order valence-electron chi connectivity index (χ3n) is 3.27. The van der Waals surface area contributed by atoms with Crippen LogP contribution in [0.3, 0.4) is 0 Å². The average Bonchev–Trinajstić information content (AvgIpc) is 3.02. The highest BCUT2D eigenvalue weighted by atomic mass is 32.1. The number of ether oxygens (including phenoxy) is 2. The summed E-state index contributed by atoms with van der Waals surface area (Å²) in [6.45, 7) is 2.62. The molecule has 1 aromatic carbocycles. The molecule has 0 unspecified atom stereocenters. The van der Waals surface area contributed by atoms with Gasteiger partial charge in [-0.3, -0.25) is 4.79 Å². The summed E-state index contributed by atoms with van der Waals surface area (Å²) in [6.07, 6.45) is 0.753. The van der Waals surface area contributed by atoms with E-state index >= 15 is 0 Å². The lowest BCUT2D eigenvalue weighted by atomic mass is 10.0. The van der Waals surface area contributed by atoms with E-state index in [0.717, 1.165) is 28.2 Å². The first-order chi connectivity index (χ1) is 10.2. The van der Waals surface area contributed by atoms with Crippen LogP contribution < -0.4 is 14.8 Å². The molecule has 0 saturated heterocycles. The third kappa shape index (κ3) is 3.76. The highest BCUT2D eigenvalue weighted by Crippen LogP contribution is 2.30. The van der Waals surface area contributed by atoms with Crippen molar-refractivity contribution in [3.05, 3.63) is 45.6 Å². The SMILES string of the molecule is COc1cc(C)c(CCNC(=O)c2cccs2)cc1OC. The highest BCUT2D eigenvalue weighted by Gasteiger charge is 2.10. The van der Waals surface area contributed by atoms with Crippen LogP contribution in [0.1, 0.15) is 20.8 Å². The van der Waals surface area contributed by atoms with Crippen LogP contribution in [0.5, 0.6) is 11.5 Å². The highest BCUT2D eigenvalue weighted by molar-refractivity contribution is 7.12. The summed E-state index contributed by atoms with van der Waals surface area (Å²) in [5, 5.41) is 4.82. The first kappa shape index (κ1) is 15.4. The van der Waals surface area contributed by atoms with Crippen LogP contribution >= 0.6 is 11.3 Å². The summed E-state index contributed by atoms with van der Waals surface area (Å²) in [6, 6.07) is 7.61. The maximum Gasteiger partial charge on any atom is 0.261 e. The quantitative estimate of drug-likeness (QED) is 0.892. The fourth-order valence-corrected chi connectivity index (χ4v) is 2.74. The van der Waals surface area contributed by atoms with Gasteiger partial charge >= 0.3 is 0 Å². The van der Waals surface area contributed by atoms with Gasteiger partial charge in [-0.2, -0.15) is 0 Å². The van der Waals surface area contributed by atoms with Gasteiger partial charge in [-0.15, -0.1) is 11.3 Å². The van der Waals surface area contributed by atoms with E-state index in [1.165, 1.54) is 11.3 Å². The van der Waals surface area contributed by atoms with Gasteiger partial charge < -0.3 is 14.8 Å². The molecular weight excluding hydrogens is 286 g/mol. The molecule has 0 aliphatic carbocycles. The standard InChI is InChI=1S/C16H19NO3S/c1-11-9-13(19-2)14(20-3)10-12(11)6-7-17-16(18)15-5-4-8-21-15/h4-5,8-10H,6-7H2,1-3H3,(H,17,18). The minimum atomic E-state index is -0.0249. The molecule has 1 N–H and O–H groups in total. The van der Waals surface area contributed by atoms with Crippen molar-refractivity contribution in [2.24, 2.45) is 0 Å². The summed E-state index contributed by atoms with van der Waals surface area (Å²) in [5.74, 6) is 1.41. The topological polar surface area (TPSA) is 47.6 Å². The number of carbonyl (C=O) groups excluding carboxylic acids is 1. The monoisotopic (exact) mass is 305 g/mol. The lowest BCUT2D eigenvalue weighted by molar-refractivity contribution is 0.0958. The number of carbonyl (C=O) groups is 1. The molecule has 0 aliphatic rings. The van der Waals surface area contributed by atoms with Crippen LogP contribution in [0.2, 0.25) is 0 Å². The molecule has 5 heteroatoms. The molecule has 2 aromatic rings. The van der Waals surface area contributed by atoms with E-state index in [9.17, 15) is 4.79 Å². The van der Waals surface area contributed by atoms with Gasteiger partial charge in [0.1, 0.15) is 0 Å². The minimum Gasteiger partial charge on any atom is -0.493 e. The Kier molecular flexibility index (Phi) is 5.22. The Morgan fingerprint density at radius 2 is 1.95 bits per heavy atom. The number of nitrogens with one attached hydrogen (secondary N) is 1. The number of amides is 1. The van der Waals surface area contributed by atoms with Gasteiger partial charge in [0, 0.05) is 6.54 Å². The third-order valence-corrected chi connectivity index (χ3v) is 4.14. The van der Waals surface area contributed by atoms with E-state index in [1.807, 2.05) is 36.6 Å². The Morgan fingerprint density at radius 3 is 2.57 bits per heavy atom. The van der Waals surface area contributed by atoms with Crippen LogP contribution in [0.4, 0.5) is 0 Å². The van der Waals surface area contributed by atoms with E-state index in [2.05, 4.69) is 5.32 Å². The lowest BCUT2D eigenvalue weighted by Crippen LogP contribution is -2.25. The summed E-state index contributed by atoms with van der Waals surface area (Å²) in [4.78, 5) is 12.6. The second-order valence-electron chi connectivity index (χ2n) is 4.62. The lowest BCUT2D eigenvalue weighted by Gasteiger charge is -2.13. The minimum absolute atomic E-state index is 0.0249. The fraction of sp³-hybridized carbons (Fsp3) is 0.312. The van der Waals surface area contributed by atoms with Crippen molar-refractivity contribution >= 4 is 17.2 Å². The zero-order valence-corrected chi connectivity index (χ0v) is 13.3. The average molecular weight is 305 g/mol. The molecular formula is C16H19NO3S. The second-order valence-corrected chi connectivity index (χ2v) is 5.56. The van der Waals surface area contributed by atoms with Crippen molar-refractivity contribution in [1.82, 2.24) is 5.32 Å². The Morgan fingerprint density at radius 1 is 1.24 bits per heavy atom. The van der Waals surface area contributed by atoms with E-state index in [1.54, 1.807) is 14.2 Å². The fourth-order valence-electron chi connectivity index (χ4n) is 2.10. The largest absolute Gasteiger partial charge is 0.493 e. The number of hydrogen-bond donors (Lipinski definition) is 1. The summed E-state index contributed by atoms with van der Waals surface area (Å²) in [5.41, 5.74) is 2.26. The van der Waals surface area contributed by atoms with Gasteiger partial charge in [0.2, 0.25) is 0 Å². The van der Waals surface area contributed by atoms with Crippen LogP contribution in [0.15, 0.2) is 29.6 Å². The van der Waals surface area contributed by atoms with E-state index in [4.69, 9.17) is 9.47 Å². The van der Waals surface area contributed by atoms with E-state index < -0.39 is 0 Å². The van der Waals surface area contributed by atoms with Crippen LogP contribution in [-0.4, -0.2) is 26.7 Å². The molecule has 0 spiro atoms. The van der Waals surface area contributed by atoms with Crippen molar-refractivity contribution in [2.45, 2.75) is 13.3 Å². The molecule has 2 rings (SSSR count). The van der Waals surface area contributed by atoms with E-state index in [-0.39, 0.29) is 5.91 Å². The van der Waals surface area contributed by atoms with Gasteiger partial charge in [0.25, 0.3) is 5.91 Å². The van der Waals surface area contributed by atoms with Gasteiger partial charge in [-0.25, -0.2) is 0 Å². The smallest absolute Gasteiger partial charge is 0.261 e. The number of rotatable bonds is 6. The first-order valence-electron chi connectivity index (χ1n) is 6.69. The molecule has 21 heavy (non-hydrogen) atoms. The van der Waals surface area contributed by atoms with Crippen LogP contribution in [-0.2, 0) is 6.42 Å². The number of aryl methyl sites for hydroxylation is 1. The predicted octanol–water partition coefficient (Wildman–Crippen LogP) is 3.05. The Bertz CT molecular complexity index is 608. The zero-order valence-electron chi connectivity index (χ0n) is 12.4. The Hall–Kier alpha value is -2.01. The molecule has 4 nitrogen and oxygen atoms in total. The molecule has 1 amide bonds. The van der Waals surface area contributed by atoms with Gasteiger partial charge in [-0.1, -0.05) is 6.07 Å². The maximum atomic E-state index is 11.9. The second kappa shape index (κ2) is 7.13. The van der Waals surface area contributed by atoms with Crippen LogP contribution in [0, 0.1) is 6.92 Å². The molecule has 0 radical (unpaired) electrons. The Labute approximate surface area is 128 Å². The zero-order chi connectivity index (χ0) is 15.2. The first-order valence-corrected chi connectivity index (χ1v) is 7.57. The van der Waals surface area contributed by atoms with Gasteiger partial charge in [0.05, 0.1) is 19.1 Å². The molecule has 0 fully saturated rings. The summed E-state index contributed by atoms with van der Waals surface area (Å²) < 4.78 is 10.6. The number of thiophene rings is 1. The molecule has 1 heterocycles. The van der Waals surface area contributed by atoms with Gasteiger partial charge in [-0.05, 0) is 48.1 Å². The number of hydrogen-bond acceptors (Lipinski definition) is 4. The van der Waals surface area contributed by atoms with Crippen molar-refractivity contribution < 1.29 is 14.3 Å². The van der Waals surface area contributed by atoms with Crippen molar-refractivity contribution in [3.8, 4) is 11.5 Å². The predicted molar refractivity (Wildman–Crippen MR) is 84.6 cm³/mol. The molecule has 0 bridgehead atoms. The maximum absolute atomic E-state index is 11.9. The van der Waals surface area contributed by atoms with E-state index in [0.29, 0.717) is 12.3 Å². The molecule has 0 aliphatic heterocycles. The molecule has 0 saturated carbocycles. The summed E-state index contributed by atoms with van der Waals surface area (Å²) in [7, 11) is 3.24. The molecule has 0 atom stereocenters. The number of benzene rings is 1. The molecule has 112 valence electrons. The van der Waals surface area contributed by atoms with Crippen molar-refractivity contribution in [3.63, 3.8) is 0 Å². The number of methoxy groups -OCH3 is 2. The van der Waals surface area contributed by atoms with Crippen molar-refractivity contribution in [1.29, 1.82) is 0 Å². The summed E-state index contributed by atoms with van der Waals surface area (Å²) >= 11 is 1.44. The van der Waals surface area contributed by atoms with Gasteiger partial charge in [0.15, 0.2) is 11.5 Å². The van der Waals surface area contributed by atoms with Crippen LogP contribution in [0.25, 0.3) is 0 Å². The normalized spacial score (nSPS) is 10.2. The Balaban J connectivity index is 1.98. The molecule has 1 aromatic heterocycles.